The number of methoxy groups -OCH3 is 2. The molecule has 0 aliphatic heterocycles. The molecule has 0 saturated carbocycles. The third-order valence-electron chi connectivity index (χ3n) is 3.51. The Morgan fingerprint density at radius 3 is 2.04 bits per heavy atom. The number of rotatable bonds is 6. The van der Waals surface area contributed by atoms with Crippen molar-refractivity contribution >= 4 is 11.6 Å². The lowest BCUT2D eigenvalue weighted by Gasteiger charge is -2.11. The lowest BCUT2D eigenvalue weighted by Crippen LogP contribution is -2.22. The highest BCUT2D eigenvalue weighted by atomic mass is 16.5. The fourth-order valence-corrected chi connectivity index (χ4v) is 2.25. The van der Waals surface area contributed by atoms with Crippen molar-refractivity contribution in [3.8, 4) is 11.5 Å². The molecule has 2 rings (SSSR count). The summed E-state index contributed by atoms with van der Waals surface area (Å²) in [6.45, 7) is 4.07. The summed E-state index contributed by atoms with van der Waals surface area (Å²) in [5, 5.41) is 4.32. The number of amides is 1. The molecule has 0 saturated heterocycles. The number of nitrogens with one attached hydrogen (secondary N) is 1. The smallest absolute Gasteiger partial charge is 0.271 e. The summed E-state index contributed by atoms with van der Waals surface area (Å²) in [6.07, 6.45) is 0. The Kier molecular flexibility index (Phi) is 5.95. The molecule has 0 aliphatic carbocycles. The van der Waals surface area contributed by atoms with Gasteiger partial charge in [-0.05, 0) is 23.6 Å². The molecule has 0 aromatic heterocycles. The van der Waals surface area contributed by atoms with Gasteiger partial charge in [-0.2, -0.15) is 5.10 Å². The Balaban J connectivity index is 2.25. The summed E-state index contributed by atoms with van der Waals surface area (Å²) in [7, 11) is 3.09. The summed E-state index contributed by atoms with van der Waals surface area (Å²) in [5.74, 6) is 0.958. The van der Waals surface area contributed by atoms with E-state index in [0.29, 0.717) is 17.1 Å². The zero-order valence-corrected chi connectivity index (χ0v) is 14.4. The minimum absolute atomic E-state index is 0.174. The van der Waals surface area contributed by atoms with E-state index in [9.17, 15) is 4.79 Å². The Hall–Kier alpha value is -2.82. The van der Waals surface area contributed by atoms with Crippen LogP contribution >= 0.6 is 0 Å². The molecule has 24 heavy (non-hydrogen) atoms. The van der Waals surface area contributed by atoms with Crippen LogP contribution in [-0.4, -0.2) is 25.8 Å². The van der Waals surface area contributed by atoms with Crippen molar-refractivity contribution in [2.45, 2.75) is 13.8 Å². The molecule has 0 radical (unpaired) electrons. The van der Waals surface area contributed by atoms with Crippen molar-refractivity contribution in [1.29, 1.82) is 0 Å². The highest BCUT2D eigenvalue weighted by Crippen LogP contribution is 2.22. The number of benzene rings is 2. The van der Waals surface area contributed by atoms with Gasteiger partial charge in [-0.3, -0.25) is 4.79 Å². The SMILES string of the molecule is COc1cc(OC)cc(C(=O)N/N=C(\c2ccccc2)C(C)C)c1. The van der Waals surface area contributed by atoms with Crippen LogP contribution in [0.25, 0.3) is 0 Å². The van der Waals surface area contributed by atoms with E-state index in [1.54, 1.807) is 32.4 Å². The number of hydrogen-bond donors (Lipinski definition) is 1. The molecule has 0 aliphatic rings. The number of carbonyl (C=O) groups excluding carboxylic acids is 1. The maximum atomic E-state index is 12.4. The molecular weight excluding hydrogens is 304 g/mol. The van der Waals surface area contributed by atoms with Crippen LogP contribution in [0.5, 0.6) is 11.5 Å². The van der Waals surface area contributed by atoms with Gasteiger partial charge < -0.3 is 9.47 Å². The van der Waals surface area contributed by atoms with E-state index in [1.165, 1.54) is 0 Å². The predicted molar refractivity (Wildman–Crippen MR) is 94.8 cm³/mol. The van der Waals surface area contributed by atoms with Crippen molar-refractivity contribution in [2.75, 3.05) is 14.2 Å². The average Bonchev–Trinajstić information content (AvgIpc) is 2.61. The zero-order chi connectivity index (χ0) is 17.5. The first-order valence-electron chi connectivity index (χ1n) is 7.71. The van der Waals surface area contributed by atoms with Gasteiger partial charge >= 0.3 is 0 Å². The summed E-state index contributed by atoms with van der Waals surface area (Å²) < 4.78 is 10.4. The second-order valence-corrected chi connectivity index (χ2v) is 5.56. The number of ether oxygens (including phenoxy) is 2. The lowest BCUT2D eigenvalue weighted by molar-refractivity contribution is 0.0954. The van der Waals surface area contributed by atoms with Crippen molar-refractivity contribution in [3.63, 3.8) is 0 Å². The highest BCUT2D eigenvalue weighted by Gasteiger charge is 2.12. The minimum atomic E-state index is -0.318. The van der Waals surface area contributed by atoms with Crippen LogP contribution in [0.2, 0.25) is 0 Å². The van der Waals surface area contributed by atoms with Crippen molar-refractivity contribution in [1.82, 2.24) is 5.43 Å². The highest BCUT2D eigenvalue weighted by molar-refractivity contribution is 6.03. The second kappa shape index (κ2) is 8.15. The van der Waals surface area contributed by atoms with Crippen molar-refractivity contribution in [2.24, 2.45) is 11.0 Å². The van der Waals surface area contributed by atoms with Crippen LogP contribution < -0.4 is 14.9 Å². The van der Waals surface area contributed by atoms with Crippen molar-refractivity contribution < 1.29 is 14.3 Å². The van der Waals surface area contributed by atoms with Gasteiger partial charge in [0.2, 0.25) is 0 Å². The van der Waals surface area contributed by atoms with Gasteiger partial charge in [0.05, 0.1) is 19.9 Å². The van der Waals surface area contributed by atoms with Crippen LogP contribution in [0.4, 0.5) is 0 Å². The largest absolute Gasteiger partial charge is 0.497 e. The van der Waals surface area contributed by atoms with Gasteiger partial charge in [0.25, 0.3) is 5.91 Å². The van der Waals surface area contributed by atoms with Gasteiger partial charge in [-0.15, -0.1) is 0 Å². The molecule has 126 valence electrons. The molecule has 5 nitrogen and oxygen atoms in total. The topological polar surface area (TPSA) is 59.9 Å². The standard InChI is InChI=1S/C19H22N2O3/c1-13(2)18(14-8-6-5-7-9-14)20-21-19(22)15-10-16(23-3)12-17(11-15)24-4/h5-13H,1-4H3,(H,21,22)/b20-18-. The van der Waals surface area contributed by atoms with E-state index >= 15 is 0 Å². The number of carbonyl (C=O) groups is 1. The third-order valence-corrected chi connectivity index (χ3v) is 3.51. The van der Waals surface area contributed by atoms with Crippen LogP contribution in [0.1, 0.15) is 29.8 Å². The third kappa shape index (κ3) is 4.35. The lowest BCUT2D eigenvalue weighted by atomic mass is 10.0. The summed E-state index contributed by atoms with van der Waals surface area (Å²) >= 11 is 0. The van der Waals surface area contributed by atoms with Crippen LogP contribution in [0.15, 0.2) is 53.6 Å². The number of hydrazone groups is 1. The first-order chi connectivity index (χ1) is 11.5. The summed E-state index contributed by atoms with van der Waals surface area (Å²) in [5.41, 5.74) is 4.84. The van der Waals surface area contributed by atoms with E-state index in [-0.39, 0.29) is 11.8 Å². The second-order valence-electron chi connectivity index (χ2n) is 5.56. The molecule has 0 bridgehead atoms. The van der Waals surface area contributed by atoms with Crippen LogP contribution in [-0.2, 0) is 0 Å². The molecule has 0 heterocycles. The fourth-order valence-electron chi connectivity index (χ4n) is 2.25. The first kappa shape index (κ1) is 17.5. The Morgan fingerprint density at radius 1 is 0.958 bits per heavy atom. The van der Waals surface area contributed by atoms with Gasteiger partial charge in [0.1, 0.15) is 11.5 Å². The van der Waals surface area contributed by atoms with E-state index in [4.69, 9.17) is 9.47 Å². The molecule has 5 heteroatoms. The molecule has 0 fully saturated rings. The molecule has 2 aromatic rings. The zero-order valence-electron chi connectivity index (χ0n) is 14.4. The van der Waals surface area contributed by atoms with Crippen LogP contribution in [0, 0.1) is 5.92 Å². The minimum Gasteiger partial charge on any atom is -0.497 e. The Bertz CT molecular complexity index is 702. The molecule has 0 atom stereocenters. The Morgan fingerprint density at radius 2 is 1.54 bits per heavy atom. The van der Waals surface area contributed by atoms with Gasteiger partial charge in [0.15, 0.2) is 0 Å². The molecule has 0 spiro atoms. The van der Waals surface area contributed by atoms with E-state index in [1.807, 2.05) is 44.2 Å². The van der Waals surface area contributed by atoms with Gasteiger partial charge in [-0.1, -0.05) is 44.2 Å². The van der Waals surface area contributed by atoms with E-state index < -0.39 is 0 Å². The summed E-state index contributed by atoms with van der Waals surface area (Å²) in [6, 6.07) is 14.8. The van der Waals surface area contributed by atoms with Crippen molar-refractivity contribution in [3.05, 3.63) is 59.7 Å². The monoisotopic (exact) mass is 326 g/mol. The van der Waals surface area contributed by atoms with E-state index in [0.717, 1.165) is 11.3 Å². The van der Waals surface area contributed by atoms with Gasteiger partial charge in [0, 0.05) is 11.6 Å². The molecule has 0 unspecified atom stereocenters. The predicted octanol–water partition coefficient (Wildman–Crippen LogP) is 3.49. The maximum absolute atomic E-state index is 12.4. The van der Waals surface area contributed by atoms with Gasteiger partial charge in [-0.25, -0.2) is 5.43 Å². The van der Waals surface area contributed by atoms with Crippen LogP contribution in [0.3, 0.4) is 0 Å². The molecule has 1 N–H and O–H groups in total. The summed E-state index contributed by atoms with van der Waals surface area (Å²) in [4.78, 5) is 12.4. The quantitative estimate of drug-likeness (QED) is 0.653. The average molecular weight is 326 g/mol. The van der Waals surface area contributed by atoms with E-state index in [2.05, 4.69) is 10.5 Å². The Labute approximate surface area is 142 Å². The maximum Gasteiger partial charge on any atom is 0.271 e. The normalized spacial score (nSPS) is 11.3. The number of hydrogen-bond acceptors (Lipinski definition) is 4. The fraction of sp³-hybridized carbons (Fsp3) is 0.263. The number of nitrogens with zero attached hydrogens (tertiary/aromatic N) is 1. The molecule has 2 aromatic carbocycles. The molecular formula is C19H22N2O3. The first-order valence-corrected chi connectivity index (χ1v) is 7.71. The molecule has 1 amide bonds.